The number of methoxy groups -OCH3 is 2. The highest BCUT2D eigenvalue weighted by Gasteiger charge is 2.52. The van der Waals surface area contributed by atoms with Crippen LogP contribution in [0, 0.1) is 5.92 Å². The summed E-state index contributed by atoms with van der Waals surface area (Å²) in [6.07, 6.45) is 4.95. The molecule has 3 atom stereocenters. The van der Waals surface area contributed by atoms with E-state index in [4.69, 9.17) is 9.47 Å². The summed E-state index contributed by atoms with van der Waals surface area (Å²) < 4.78 is 10.4. The van der Waals surface area contributed by atoms with Gasteiger partial charge in [0.15, 0.2) is 5.60 Å². The minimum absolute atomic E-state index is 0.0565. The maximum Gasteiger partial charge on any atom is 0.264 e. The second kappa shape index (κ2) is 16.4. The quantitative estimate of drug-likeness (QED) is 0.131. The van der Waals surface area contributed by atoms with Gasteiger partial charge in [-0.2, -0.15) is 0 Å². The van der Waals surface area contributed by atoms with Gasteiger partial charge < -0.3 is 40.1 Å². The lowest BCUT2D eigenvalue weighted by atomic mass is 9.82. The molecule has 2 aliphatic rings. The fourth-order valence-electron chi connectivity index (χ4n) is 6.93. The molecule has 1 fully saturated rings. The van der Waals surface area contributed by atoms with Crippen LogP contribution in [0.15, 0.2) is 103 Å². The number of likely N-dealkylation sites (tertiary alicyclic amines) is 1. The number of aliphatic hydroxyl groups is 2. The van der Waals surface area contributed by atoms with Crippen molar-refractivity contribution in [2.45, 2.75) is 44.4 Å². The Hall–Kier alpha value is -5.98. The van der Waals surface area contributed by atoms with Crippen LogP contribution < -0.4 is 25.0 Å². The number of ether oxygens (including phenoxy) is 2. The van der Waals surface area contributed by atoms with Crippen LogP contribution in [0.1, 0.15) is 58.0 Å². The fraction of sp³-hybridized carbons (Fsp3) is 0.286. The van der Waals surface area contributed by atoms with E-state index in [0.29, 0.717) is 51.8 Å². The summed E-state index contributed by atoms with van der Waals surface area (Å²) in [5.41, 5.74) is 1.32. The molecule has 2 heterocycles. The Morgan fingerprint density at radius 2 is 1.44 bits per heavy atom. The number of carbonyl (C=O) groups excluding carboxylic acids is 4. The predicted molar refractivity (Wildman–Crippen MR) is 205 cm³/mol. The van der Waals surface area contributed by atoms with E-state index in [0.717, 1.165) is 18.4 Å². The van der Waals surface area contributed by atoms with Crippen molar-refractivity contribution in [1.82, 2.24) is 4.90 Å². The van der Waals surface area contributed by atoms with Crippen LogP contribution in [0.25, 0.3) is 0 Å². The number of rotatable bonds is 13. The molecule has 0 aromatic heterocycles. The Bertz CT molecular complexity index is 2030. The van der Waals surface area contributed by atoms with Crippen molar-refractivity contribution >= 4 is 40.7 Å². The third kappa shape index (κ3) is 7.85. The molecule has 0 saturated carbocycles. The van der Waals surface area contributed by atoms with Crippen LogP contribution in [0.5, 0.6) is 11.5 Å². The van der Waals surface area contributed by atoms with Crippen LogP contribution in [-0.4, -0.2) is 72.2 Å². The molecule has 280 valence electrons. The van der Waals surface area contributed by atoms with Crippen LogP contribution in [-0.2, 0) is 21.7 Å². The van der Waals surface area contributed by atoms with Crippen LogP contribution in [0.3, 0.4) is 0 Å². The molecule has 12 nitrogen and oxygen atoms in total. The van der Waals surface area contributed by atoms with Crippen molar-refractivity contribution in [2.24, 2.45) is 5.92 Å². The number of anilines is 3. The Morgan fingerprint density at radius 1 is 0.870 bits per heavy atom. The van der Waals surface area contributed by atoms with Crippen molar-refractivity contribution < 1.29 is 38.9 Å². The molecular weight excluding hydrogens is 688 g/mol. The summed E-state index contributed by atoms with van der Waals surface area (Å²) in [4.78, 5) is 56.4. The van der Waals surface area contributed by atoms with Gasteiger partial charge in [0, 0.05) is 46.9 Å². The zero-order valence-electron chi connectivity index (χ0n) is 30.5. The number of nitrogens with zero attached hydrogens (tertiary/aromatic N) is 2. The molecule has 2 aliphatic heterocycles. The van der Waals surface area contributed by atoms with Crippen molar-refractivity contribution in [1.29, 1.82) is 0 Å². The van der Waals surface area contributed by atoms with Gasteiger partial charge in [-0.1, -0.05) is 31.2 Å². The summed E-state index contributed by atoms with van der Waals surface area (Å²) in [7, 11) is 3.10. The van der Waals surface area contributed by atoms with Crippen LogP contribution >= 0.6 is 0 Å². The zero-order valence-corrected chi connectivity index (χ0v) is 30.5. The Kier molecular flexibility index (Phi) is 11.4. The van der Waals surface area contributed by atoms with Crippen molar-refractivity contribution in [3.63, 3.8) is 0 Å². The van der Waals surface area contributed by atoms with Gasteiger partial charge in [-0.15, -0.1) is 0 Å². The average Bonchev–Trinajstić information content (AvgIpc) is 3.76. The molecule has 6 rings (SSSR count). The summed E-state index contributed by atoms with van der Waals surface area (Å²) in [6.45, 7) is 2.32. The Labute approximate surface area is 314 Å². The lowest BCUT2D eigenvalue weighted by Crippen LogP contribution is -2.44. The Balaban J connectivity index is 1.23. The van der Waals surface area contributed by atoms with E-state index in [9.17, 15) is 29.4 Å². The lowest BCUT2D eigenvalue weighted by molar-refractivity contribution is -0.139. The van der Waals surface area contributed by atoms with E-state index in [2.05, 4.69) is 10.6 Å². The monoisotopic (exact) mass is 732 g/mol. The van der Waals surface area contributed by atoms with Crippen LogP contribution in [0.4, 0.5) is 17.1 Å². The number of carbonyl (C=O) groups is 4. The first-order valence-corrected chi connectivity index (χ1v) is 17.8. The highest BCUT2D eigenvalue weighted by molar-refractivity contribution is 6.09. The third-order valence-electron chi connectivity index (χ3n) is 10.1. The van der Waals surface area contributed by atoms with Crippen molar-refractivity contribution in [3.05, 3.63) is 125 Å². The van der Waals surface area contributed by atoms with Gasteiger partial charge in [-0.05, 0) is 97.3 Å². The fourth-order valence-corrected chi connectivity index (χ4v) is 6.93. The number of hydrogen-bond donors (Lipinski definition) is 4. The smallest absolute Gasteiger partial charge is 0.264 e. The maximum atomic E-state index is 14.3. The van der Waals surface area contributed by atoms with Gasteiger partial charge in [-0.3, -0.25) is 19.2 Å². The molecule has 4 amide bonds. The van der Waals surface area contributed by atoms with E-state index in [1.807, 2.05) is 0 Å². The number of hydrogen-bond acceptors (Lipinski definition) is 8. The van der Waals surface area contributed by atoms with Gasteiger partial charge in [-0.25, -0.2) is 0 Å². The molecule has 0 radical (unpaired) electrons. The first-order valence-electron chi connectivity index (χ1n) is 17.8. The second-order valence-corrected chi connectivity index (χ2v) is 13.4. The molecule has 4 N–H and O–H groups in total. The highest BCUT2D eigenvalue weighted by atomic mass is 16.5. The van der Waals surface area contributed by atoms with Gasteiger partial charge >= 0.3 is 0 Å². The first-order chi connectivity index (χ1) is 26.0. The zero-order chi connectivity index (χ0) is 38.4. The molecule has 1 saturated heterocycles. The predicted octanol–water partition coefficient (Wildman–Crippen LogP) is 5.51. The average molecular weight is 733 g/mol. The highest BCUT2D eigenvalue weighted by Crippen LogP contribution is 2.47. The van der Waals surface area contributed by atoms with E-state index in [-0.39, 0.29) is 43.3 Å². The van der Waals surface area contributed by atoms with Gasteiger partial charge in [0.2, 0.25) is 5.91 Å². The first kappa shape index (κ1) is 37.8. The van der Waals surface area contributed by atoms with Gasteiger partial charge in [0.1, 0.15) is 11.5 Å². The van der Waals surface area contributed by atoms with Crippen LogP contribution in [0.2, 0.25) is 0 Å². The number of aliphatic hydroxyl groups excluding tert-OH is 1. The number of amides is 4. The van der Waals surface area contributed by atoms with E-state index >= 15 is 0 Å². The summed E-state index contributed by atoms with van der Waals surface area (Å²) in [5, 5.41) is 27.8. The van der Waals surface area contributed by atoms with E-state index in [1.54, 1.807) is 129 Å². The summed E-state index contributed by atoms with van der Waals surface area (Å²) >= 11 is 0. The maximum absolute atomic E-state index is 14.3. The molecule has 0 bridgehead atoms. The minimum Gasteiger partial charge on any atom is -0.497 e. The number of fused-ring (bicyclic) bond motifs is 1. The molecular formula is C42H44N4O8. The summed E-state index contributed by atoms with van der Waals surface area (Å²) in [5.74, 6) is -0.868. The summed E-state index contributed by atoms with van der Waals surface area (Å²) in [6, 6.07) is 25.3. The molecule has 4 aromatic rings. The van der Waals surface area contributed by atoms with Gasteiger partial charge in [0.05, 0.1) is 39.1 Å². The minimum atomic E-state index is -2.02. The third-order valence-corrected chi connectivity index (χ3v) is 10.1. The molecule has 0 spiro atoms. The Morgan fingerprint density at radius 3 is 2.02 bits per heavy atom. The number of benzene rings is 4. The normalized spacial score (nSPS) is 18.4. The molecule has 54 heavy (non-hydrogen) atoms. The molecule has 0 unspecified atom stereocenters. The molecule has 12 heteroatoms. The van der Waals surface area contributed by atoms with Crippen molar-refractivity contribution in [3.8, 4) is 11.5 Å². The van der Waals surface area contributed by atoms with E-state index in [1.165, 1.54) is 4.90 Å². The lowest BCUT2D eigenvalue weighted by Gasteiger charge is -2.28. The second-order valence-electron chi connectivity index (χ2n) is 13.4. The van der Waals surface area contributed by atoms with Crippen molar-refractivity contribution in [2.75, 3.05) is 42.9 Å². The SMILES string of the molecule is COc1ccc(C(=O)Nc2ccc(CN3C(=O)[C@](O)([C@H](C)/C=C/CC(=O)N4CCC[C@H]4CO)c4cc(NC(=O)c5ccc(OC)cc5)ccc43)cc2)cc1. The van der Waals surface area contributed by atoms with Gasteiger partial charge in [0.25, 0.3) is 17.7 Å². The molecule has 4 aromatic carbocycles. The topological polar surface area (TPSA) is 158 Å². The molecule has 0 aliphatic carbocycles. The van der Waals surface area contributed by atoms with E-state index < -0.39 is 17.4 Å². The number of nitrogens with one attached hydrogen (secondary N) is 2. The standard InChI is InChI=1S/C42H44N4O8/c1-27(6-4-8-38(48)45-23-5-7-33(45)26-47)42(52)36-24-32(44-40(50)30-13-20-35(54-3)21-14-30)17-22-37(36)46(41(42)51)25-28-9-15-31(16-10-28)43-39(49)29-11-18-34(53-2)19-12-29/h4,6,9-22,24,27,33,47,52H,5,7-8,23,25-26H2,1-3H3,(H,43,49)(H,44,50)/b6-4+/t27-,33+,42+/m1/s1. The largest absolute Gasteiger partial charge is 0.497 e.